The van der Waals surface area contributed by atoms with Crippen LogP contribution >= 0.6 is 0 Å². The summed E-state index contributed by atoms with van der Waals surface area (Å²) in [6, 6.07) is 5.01. The quantitative estimate of drug-likeness (QED) is 0.507. The molecule has 0 spiro atoms. The molecular weight excluding hydrogens is 361 g/mol. The van der Waals surface area contributed by atoms with E-state index in [-0.39, 0.29) is 17.8 Å². The molecular formula is C19H24FN7O. The number of aromatic nitrogens is 4. The standard InChI is InChI=1S/C19H24FN7O/c1-11-15(20)6-5-13-9-14(12(2)25-19-24-10-23-18(21)27-19)17(26-16(11)13)22-7-4-8-28-3/h5-6,9-10,12H,4,7-8H2,1-3H3,(H,22,26)(H3,21,23,24,25,27). The van der Waals surface area contributed by atoms with Crippen molar-refractivity contribution < 1.29 is 9.13 Å². The molecule has 28 heavy (non-hydrogen) atoms. The number of nitrogens with one attached hydrogen (secondary N) is 2. The number of hydrogen-bond acceptors (Lipinski definition) is 8. The number of methoxy groups -OCH3 is 1. The number of rotatable bonds is 8. The van der Waals surface area contributed by atoms with Crippen molar-refractivity contribution in [2.24, 2.45) is 0 Å². The van der Waals surface area contributed by atoms with Gasteiger partial charge in [0.2, 0.25) is 11.9 Å². The van der Waals surface area contributed by atoms with Gasteiger partial charge in [0.15, 0.2) is 0 Å². The van der Waals surface area contributed by atoms with Gasteiger partial charge in [-0.05, 0) is 38.5 Å². The maximum atomic E-state index is 14.0. The Morgan fingerprint density at radius 3 is 2.82 bits per heavy atom. The van der Waals surface area contributed by atoms with Crippen molar-refractivity contribution in [1.82, 2.24) is 19.9 Å². The van der Waals surface area contributed by atoms with Gasteiger partial charge in [-0.3, -0.25) is 0 Å². The van der Waals surface area contributed by atoms with E-state index >= 15 is 0 Å². The first-order valence-corrected chi connectivity index (χ1v) is 9.03. The number of nitrogens with zero attached hydrogens (tertiary/aromatic N) is 4. The number of nitrogen functional groups attached to an aromatic ring is 1. The fourth-order valence-corrected chi connectivity index (χ4v) is 2.92. The average Bonchev–Trinajstić information content (AvgIpc) is 2.68. The fourth-order valence-electron chi connectivity index (χ4n) is 2.92. The van der Waals surface area contributed by atoms with Gasteiger partial charge >= 0.3 is 0 Å². The van der Waals surface area contributed by atoms with E-state index in [4.69, 9.17) is 15.5 Å². The summed E-state index contributed by atoms with van der Waals surface area (Å²) in [6.45, 7) is 5.02. The van der Waals surface area contributed by atoms with Crippen LogP contribution in [0.5, 0.6) is 0 Å². The SMILES string of the molecule is COCCCNc1nc2c(C)c(F)ccc2cc1C(C)Nc1ncnc(N)n1. The normalized spacial score (nSPS) is 12.1. The van der Waals surface area contributed by atoms with Gasteiger partial charge in [0.05, 0.1) is 11.6 Å². The molecule has 0 aliphatic carbocycles. The van der Waals surface area contributed by atoms with Gasteiger partial charge in [0.25, 0.3) is 0 Å². The monoisotopic (exact) mass is 385 g/mol. The van der Waals surface area contributed by atoms with Gasteiger partial charge in [0, 0.05) is 36.8 Å². The first-order valence-electron chi connectivity index (χ1n) is 9.03. The van der Waals surface area contributed by atoms with Crippen LogP contribution in [-0.2, 0) is 4.74 Å². The first-order chi connectivity index (χ1) is 13.5. The highest BCUT2D eigenvalue weighted by atomic mass is 19.1. The molecule has 3 aromatic rings. The number of nitrogens with two attached hydrogens (primary N) is 1. The van der Waals surface area contributed by atoms with E-state index in [1.54, 1.807) is 20.1 Å². The minimum absolute atomic E-state index is 0.144. The molecule has 0 radical (unpaired) electrons. The lowest BCUT2D eigenvalue weighted by atomic mass is 10.0. The topological polar surface area (TPSA) is 111 Å². The third-order valence-corrected chi connectivity index (χ3v) is 4.42. The Bertz CT molecular complexity index is 966. The number of aryl methyl sites for hydroxylation is 1. The minimum atomic E-state index is -0.273. The van der Waals surface area contributed by atoms with Crippen molar-refractivity contribution in [3.8, 4) is 0 Å². The zero-order chi connectivity index (χ0) is 20.1. The fraction of sp³-hybridized carbons (Fsp3) is 0.368. The van der Waals surface area contributed by atoms with E-state index < -0.39 is 0 Å². The van der Waals surface area contributed by atoms with Crippen LogP contribution in [0.15, 0.2) is 24.5 Å². The van der Waals surface area contributed by atoms with E-state index in [0.29, 0.717) is 36.0 Å². The summed E-state index contributed by atoms with van der Waals surface area (Å²) in [5, 5.41) is 7.41. The van der Waals surface area contributed by atoms with E-state index in [1.807, 2.05) is 13.0 Å². The smallest absolute Gasteiger partial charge is 0.227 e. The molecule has 0 bridgehead atoms. The second kappa shape index (κ2) is 8.75. The molecule has 0 saturated heterocycles. The van der Waals surface area contributed by atoms with E-state index in [9.17, 15) is 4.39 Å². The zero-order valence-corrected chi connectivity index (χ0v) is 16.2. The van der Waals surface area contributed by atoms with Crippen LogP contribution in [-0.4, -0.2) is 40.2 Å². The van der Waals surface area contributed by atoms with Crippen molar-refractivity contribution in [2.75, 3.05) is 36.6 Å². The minimum Gasteiger partial charge on any atom is -0.385 e. The predicted molar refractivity (Wildman–Crippen MR) is 108 cm³/mol. The van der Waals surface area contributed by atoms with Crippen LogP contribution in [0, 0.1) is 12.7 Å². The highest BCUT2D eigenvalue weighted by Gasteiger charge is 2.16. The highest BCUT2D eigenvalue weighted by Crippen LogP contribution is 2.29. The number of anilines is 3. The van der Waals surface area contributed by atoms with Crippen molar-refractivity contribution in [2.45, 2.75) is 26.3 Å². The second-order valence-corrected chi connectivity index (χ2v) is 6.48. The molecule has 1 atom stereocenters. The molecule has 2 aromatic heterocycles. The summed E-state index contributed by atoms with van der Waals surface area (Å²) >= 11 is 0. The molecule has 0 saturated carbocycles. The van der Waals surface area contributed by atoms with Crippen LogP contribution in [0.1, 0.15) is 30.5 Å². The molecule has 8 nitrogen and oxygen atoms in total. The number of pyridine rings is 1. The lowest BCUT2D eigenvalue weighted by molar-refractivity contribution is 0.197. The molecule has 0 amide bonds. The lowest BCUT2D eigenvalue weighted by Crippen LogP contribution is -2.15. The Kier molecular flexibility index (Phi) is 6.15. The van der Waals surface area contributed by atoms with Crippen molar-refractivity contribution >= 4 is 28.6 Å². The molecule has 9 heteroatoms. The Morgan fingerprint density at radius 2 is 2.07 bits per heavy atom. The molecule has 4 N–H and O–H groups in total. The van der Waals surface area contributed by atoms with Crippen LogP contribution < -0.4 is 16.4 Å². The summed E-state index contributed by atoms with van der Waals surface area (Å²) in [7, 11) is 1.66. The third-order valence-electron chi connectivity index (χ3n) is 4.42. The average molecular weight is 385 g/mol. The Balaban J connectivity index is 1.96. The third kappa shape index (κ3) is 4.42. The van der Waals surface area contributed by atoms with Gasteiger partial charge in [-0.25, -0.2) is 19.3 Å². The molecule has 1 unspecified atom stereocenters. The largest absolute Gasteiger partial charge is 0.385 e. The van der Waals surface area contributed by atoms with Crippen molar-refractivity contribution in [3.05, 3.63) is 41.5 Å². The molecule has 0 aliphatic rings. The number of fused-ring (bicyclic) bond motifs is 1. The zero-order valence-electron chi connectivity index (χ0n) is 16.2. The summed E-state index contributed by atoms with van der Waals surface area (Å²) in [5.41, 5.74) is 7.70. The van der Waals surface area contributed by atoms with Crippen LogP contribution in [0.2, 0.25) is 0 Å². The number of halogens is 1. The second-order valence-electron chi connectivity index (χ2n) is 6.48. The van der Waals surface area contributed by atoms with Gasteiger partial charge in [-0.15, -0.1) is 0 Å². The Morgan fingerprint density at radius 1 is 1.25 bits per heavy atom. The highest BCUT2D eigenvalue weighted by molar-refractivity contribution is 5.85. The molecule has 1 aromatic carbocycles. The van der Waals surface area contributed by atoms with E-state index in [0.717, 1.165) is 17.4 Å². The van der Waals surface area contributed by atoms with Gasteiger partial charge in [-0.2, -0.15) is 4.98 Å². The number of ether oxygens (including phenoxy) is 1. The Labute approximate surface area is 162 Å². The van der Waals surface area contributed by atoms with Crippen molar-refractivity contribution in [1.29, 1.82) is 0 Å². The predicted octanol–water partition coefficient (Wildman–Crippen LogP) is 3.07. The van der Waals surface area contributed by atoms with Crippen LogP contribution in [0.25, 0.3) is 10.9 Å². The van der Waals surface area contributed by atoms with Crippen molar-refractivity contribution in [3.63, 3.8) is 0 Å². The summed E-state index contributed by atoms with van der Waals surface area (Å²) in [4.78, 5) is 16.7. The molecule has 0 aliphatic heterocycles. The Hall–Kier alpha value is -3.07. The van der Waals surface area contributed by atoms with Gasteiger partial charge in [0.1, 0.15) is 18.0 Å². The summed E-state index contributed by atoms with van der Waals surface area (Å²) in [5.74, 6) is 0.926. The van der Waals surface area contributed by atoms with Gasteiger partial charge in [-0.1, -0.05) is 0 Å². The maximum absolute atomic E-state index is 14.0. The first kappa shape index (κ1) is 19.7. The molecule has 0 fully saturated rings. The number of benzene rings is 1. The summed E-state index contributed by atoms with van der Waals surface area (Å²) in [6.07, 6.45) is 2.18. The lowest BCUT2D eigenvalue weighted by Gasteiger charge is -2.19. The molecule has 2 heterocycles. The van der Waals surface area contributed by atoms with E-state index in [1.165, 1.54) is 12.4 Å². The number of hydrogen-bond donors (Lipinski definition) is 3. The van der Waals surface area contributed by atoms with Crippen LogP contribution in [0.4, 0.5) is 22.1 Å². The maximum Gasteiger partial charge on any atom is 0.227 e. The summed E-state index contributed by atoms with van der Waals surface area (Å²) < 4.78 is 19.1. The molecule has 148 valence electrons. The van der Waals surface area contributed by atoms with Crippen LogP contribution in [0.3, 0.4) is 0 Å². The molecule has 3 rings (SSSR count). The van der Waals surface area contributed by atoms with Gasteiger partial charge < -0.3 is 21.1 Å². The van der Waals surface area contributed by atoms with E-state index in [2.05, 4.69) is 25.6 Å².